The molecule has 1 aliphatic heterocycles. The third-order valence-corrected chi connectivity index (χ3v) is 9.16. The minimum absolute atomic E-state index is 0.129. The average molecular weight is 519 g/mol. The van der Waals surface area contributed by atoms with Gasteiger partial charge in [0, 0.05) is 17.6 Å². The Kier molecular flexibility index (Phi) is 7.01. The lowest BCUT2D eigenvalue weighted by molar-refractivity contribution is -0.166. The third-order valence-electron chi connectivity index (χ3n) is 9.16. The van der Waals surface area contributed by atoms with Gasteiger partial charge in [-0.2, -0.15) is 0 Å². The maximum Gasteiger partial charge on any atom is 0.184 e. The van der Waals surface area contributed by atoms with Crippen LogP contribution in [0, 0.1) is 22.2 Å². The molecule has 4 rings (SSSR count). The Balaban J connectivity index is 2.06. The number of hydrogen-bond donors (Lipinski definition) is 1. The molecule has 2 aliphatic carbocycles. The van der Waals surface area contributed by atoms with Crippen LogP contribution in [0.15, 0.2) is 65.0 Å². The summed E-state index contributed by atoms with van der Waals surface area (Å²) in [6, 6.07) is 8.74. The molecule has 0 spiro atoms. The number of ether oxygens (including phenoxy) is 1. The van der Waals surface area contributed by atoms with E-state index in [-0.39, 0.29) is 18.1 Å². The van der Waals surface area contributed by atoms with Crippen LogP contribution in [-0.4, -0.2) is 34.2 Å². The summed E-state index contributed by atoms with van der Waals surface area (Å²) in [4.78, 5) is 44.4. The highest BCUT2D eigenvalue weighted by molar-refractivity contribution is 6.36. The predicted molar refractivity (Wildman–Crippen MR) is 148 cm³/mol. The second-order valence-corrected chi connectivity index (χ2v) is 13.1. The number of rotatable bonds is 7. The van der Waals surface area contributed by atoms with Gasteiger partial charge in [-0.05, 0) is 72.1 Å². The lowest BCUT2D eigenvalue weighted by Crippen LogP contribution is -2.69. The maximum atomic E-state index is 15.0. The van der Waals surface area contributed by atoms with Crippen LogP contribution in [0.1, 0.15) is 91.4 Å². The van der Waals surface area contributed by atoms with E-state index in [1.165, 1.54) is 0 Å². The molecule has 5 heteroatoms. The van der Waals surface area contributed by atoms with Crippen molar-refractivity contribution in [2.45, 2.75) is 92.8 Å². The zero-order valence-corrected chi connectivity index (χ0v) is 24.1. The Morgan fingerprint density at radius 1 is 1.05 bits per heavy atom. The third kappa shape index (κ3) is 4.05. The van der Waals surface area contributed by atoms with Crippen LogP contribution >= 0.6 is 0 Å². The first-order valence-corrected chi connectivity index (χ1v) is 13.7. The number of Topliss-reactive ketones (excluding diaryl/α,β-unsaturated/α-hetero) is 3. The number of hydrogen-bond acceptors (Lipinski definition) is 5. The van der Waals surface area contributed by atoms with Crippen molar-refractivity contribution < 1.29 is 24.2 Å². The Morgan fingerprint density at radius 2 is 1.66 bits per heavy atom. The topological polar surface area (TPSA) is 80.7 Å². The number of aliphatic hydroxyl groups is 1. The summed E-state index contributed by atoms with van der Waals surface area (Å²) in [6.45, 7) is 15.2. The Morgan fingerprint density at radius 3 is 2.21 bits per heavy atom. The highest BCUT2D eigenvalue weighted by Crippen LogP contribution is 2.67. The highest BCUT2D eigenvalue weighted by atomic mass is 16.5. The molecule has 1 aromatic carbocycles. The van der Waals surface area contributed by atoms with Gasteiger partial charge in [-0.25, -0.2) is 0 Å². The van der Waals surface area contributed by atoms with E-state index in [0.29, 0.717) is 36.2 Å². The molecule has 204 valence electrons. The first kappa shape index (κ1) is 28.2. The summed E-state index contributed by atoms with van der Waals surface area (Å²) in [5.41, 5.74) is -2.23. The monoisotopic (exact) mass is 518 g/mol. The lowest BCUT2D eigenvalue weighted by Gasteiger charge is -2.59. The largest absolute Gasteiger partial charge is 0.490 e. The number of allylic oxidation sites excluding steroid dienone is 5. The molecule has 3 aliphatic rings. The van der Waals surface area contributed by atoms with Crippen LogP contribution in [0.25, 0.3) is 0 Å². The van der Waals surface area contributed by atoms with Gasteiger partial charge in [0.05, 0.1) is 11.0 Å². The molecule has 1 heterocycles. The molecule has 1 aromatic rings. The second kappa shape index (κ2) is 9.44. The van der Waals surface area contributed by atoms with Gasteiger partial charge in [-0.1, -0.05) is 67.5 Å². The SMILES string of the molecule is CC(C)=CC[C@H]1C[C@@]2(CC=C(C)C)C(=O)[C@](C(=O)c3ccccc3)(C(=O)C3=C2O[C@H](C(C)(C)O)C3)C1(C)C. The smallest absolute Gasteiger partial charge is 0.184 e. The van der Waals surface area contributed by atoms with Crippen LogP contribution in [-0.2, 0) is 14.3 Å². The molecule has 0 aromatic heterocycles. The van der Waals surface area contributed by atoms with Crippen LogP contribution in [0.4, 0.5) is 0 Å². The fourth-order valence-corrected chi connectivity index (χ4v) is 6.78. The minimum Gasteiger partial charge on any atom is -0.490 e. The van der Waals surface area contributed by atoms with Crippen molar-refractivity contribution in [3.8, 4) is 0 Å². The van der Waals surface area contributed by atoms with E-state index in [1.807, 2.05) is 53.7 Å². The number of fused-ring (bicyclic) bond motifs is 3. The zero-order chi connectivity index (χ0) is 28.3. The van der Waals surface area contributed by atoms with Crippen molar-refractivity contribution >= 4 is 17.3 Å². The summed E-state index contributed by atoms with van der Waals surface area (Å²) in [7, 11) is 0. The molecular formula is C33H42O5. The molecule has 0 saturated heterocycles. The van der Waals surface area contributed by atoms with Gasteiger partial charge in [0.15, 0.2) is 22.8 Å². The number of benzene rings is 1. The number of carbonyl (C=O) groups excluding carboxylic acids is 3. The Labute approximate surface area is 227 Å². The zero-order valence-electron chi connectivity index (χ0n) is 24.1. The summed E-state index contributed by atoms with van der Waals surface area (Å²) in [5.74, 6) is -0.977. The predicted octanol–water partition coefficient (Wildman–Crippen LogP) is 6.57. The first-order chi connectivity index (χ1) is 17.6. The van der Waals surface area contributed by atoms with Gasteiger partial charge in [-0.3, -0.25) is 14.4 Å². The van der Waals surface area contributed by atoms with E-state index in [2.05, 4.69) is 6.08 Å². The Hall–Kier alpha value is -2.79. The highest BCUT2D eigenvalue weighted by Gasteiger charge is 2.76. The fourth-order valence-electron chi connectivity index (χ4n) is 6.78. The number of ketones is 3. The van der Waals surface area contributed by atoms with Crippen molar-refractivity contribution in [1.82, 2.24) is 0 Å². The molecule has 2 bridgehead atoms. The molecule has 0 amide bonds. The van der Waals surface area contributed by atoms with E-state index in [0.717, 1.165) is 11.1 Å². The van der Waals surface area contributed by atoms with E-state index in [4.69, 9.17) is 4.74 Å². The van der Waals surface area contributed by atoms with E-state index in [9.17, 15) is 14.7 Å². The molecule has 5 nitrogen and oxygen atoms in total. The van der Waals surface area contributed by atoms with Crippen LogP contribution in [0.5, 0.6) is 0 Å². The van der Waals surface area contributed by atoms with Crippen LogP contribution in [0.2, 0.25) is 0 Å². The minimum atomic E-state index is -1.88. The molecule has 1 saturated carbocycles. The summed E-state index contributed by atoms with van der Waals surface area (Å²) in [5, 5.41) is 10.9. The molecule has 38 heavy (non-hydrogen) atoms. The molecular weight excluding hydrogens is 476 g/mol. The maximum absolute atomic E-state index is 15.0. The van der Waals surface area contributed by atoms with Crippen molar-refractivity contribution in [2.24, 2.45) is 22.2 Å². The summed E-state index contributed by atoms with van der Waals surface area (Å²) >= 11 is 0. The normalized spacial score (nSPS) is 29.9. The van der Waals surface area contributed by atoms with Crippen molar-refractivity contribution in [2.75, 3.05) is 0 Å². The number of carbonyl (C=O) groups is 3. The van der Waals surface area contributed by atoms with Gasteiger partial charge < -0.3 is 9.84 Å². The van der Waals surface area contributed by atoms with E-state index < -0.39 is 39.5 Å². The quantitative estimate of drug-likeness (QED) is 0.251. The van der Waals surface area contributed by atoms with Crippen molar-refractivity contribution in [1.29, 1.82) is 0 Å². The van der Waals surface area contributed by atoms with E-state index >= 15 is 4.79 Å². The molecule has 4 atom stereocenters. The summed E-state index contributed by atoms with van der Waals surface area (Å²) in [6.07, 6.45) is 5.14. The van der Waals surface area contributed by atoms with Gasteiger partial charge in [-0.15, -0.1) is 0 Å². The molecule has 1 fully saturated rings. The molecule has 0 unspecified atom stereocenters. The van der Waals surface area contributed by atoms with Crippen LogP contribution in [0.3, 0.4) is 0 Å². The average Bonchev–Trinajstić information content (AvgIpc) is 3.30. The van der Waals surface area contributed by atoms with Crippen molar-refractivity contribution in [3.05, 3.63) is 70.5 Å². The van der Waals surface area contributed by atoms with Gasteiger partial charge >= 0.3 is 0 Å². The van der Waals surface area contributed by atoms with Gasteiger partial charge in [0.25, 0.3) is 0 Å². The van der Waals surface area contributed by atoms with Gasteiger partial charge in [0.2, 0.25) is 0 Å². The first-order valence-electron chi connectivity index (χ1n) is 13.7. The van der Waals surface area contributed by atoms with E-state index in [1.54, 1.807) is 38.1 Å². The van der Waals surface area contributed by atoms with Gasteiger partial charge in [0.1, 0.15) is 11.9 Å². The Bertz CT molecular complexity index is 1250. The second-order valence-electron chi connectivity index (χ2n) is 13.1. The molecule has 1 N–H and O–H groups in total. The fraction of sp³-hybridized carbons (Fsp3) is 0.545. The lowest BCUT2D eigenvalue weighted by atomic mass is 9.39. The van der Waals surface area contributed by atoms with Crippen LogP contribution < -0.4 is 0 Å². The van der Waals surface area contributed by atoms with Crippen molar-refractivity contribution in [3.63, 3.8) is 0 Å². The molecule has 0 radical (unpaired) electrons. The summed E-state index contributed by atoms with van der Waals surface area (Å²) < 4.78 is 6.40. The standard InChI is InChI=1S/C33H42O5/c1-20(2)14-15-23-19-32(17-16-21(3)4)28-24(18-25(38-28)31(7,8)37)27(35)33(29(32)36,30(23,5)6)26(34)22-12-10-9-11-13-22/h9-14,16,23,25,37H,15,17-19H2,1-8H3/t23-,25-,32+,33-/m0/s1.